The third-order valence-electron chi connectivity index (χ3n) is 3.80. The van der Waals surface area contributed by atoms with Crippen molar-refractivity contribution in [2.24, 2.45) is 0 Å². The number of ether oxygens (including phenoxy) is 1. The fourth-order valence-electron chi connectivity index (χ4n) is 2.46. The third kappa shape index (κ3) is 5.37. The molecular formula is C19H14I3NO2S2. The number of amides is 1. The minimum atomic E-state index is -0.0171. The number of hydrogen-bond donors (Lipinski definition) is 0. The summed E-state index contributed by atoms with van der Waals surface area (Å²) in [5.41, 5.74) is 2.11. The summed E-state index contributed by atoms with van der Waals surface area (Å²) in [6.45, 7) is 3.05. The molecule has 3 nitrogen and oxygen atoms in total. The Morgan fingerprint density at radius 2 is 1.78 bits per heavy atom. The molecule has 0 spiro atoms. The minimum Gasteiger partial charge on any atom is -0.487 e. The first-order valence-electron chi connectivity index (χ1n) is 8.00. The number of hydrogen-bond acceptors (Lipinski definition) is 4. The Balaban J connectivity index is 1.79. The maximum atomic E-state index is 12.4. The van der Waals surface area contributed by atoms with Crippen LogP contribution in [0.5, 0.6) is 5.75 Å². The second kappa shape index (κ2) is 9.72. The van der Waals surface area contributed by atoms with Crippen LogP contribution in [0, 0.1) is 10.7 Å². The highest BCUT2D eigenvalue weighted by Gasteiger charge is 2.30. The Labute approximate surface area is 209 Å². The van der Waals surface area contributed by atoms with Crippen LogP contribution in [0.3, 0.4) is 0 Å². The van der Waals surface area contributed by atoms with Crippen LogP contribution >= 0.6 is 91.8 Å². The van der Waals surface area contributed by atoms with Gasteiger partial charge in [0.2, 0.25) is 0 Å². The quantitative estimate of drug-likeness (QED) is 0.205. The normalized spacial score (nSPS) is 15.7. The third-order valence-corrected chi connectivity index (χ3v) is 7.50. The summed E-state index contributed by atoms with van der Waals surface area (Å²) in [6, 6.07) is 12.4. The minimum absolute atomic E-state index is 0.0171. The van der Waals surface area contributed by atoms with Crippen molar-refractivity contribution in [3.63, 3.8) is 0 Å². The molecule has 1 amide bonds. The molecule has 8 heteroatoms. The van der Waals surface area contributed by atoms with Gasteiger partial charge in [0.1, 0.15) is 16.7 Å². The molecule has 1 saturated heterocycles. The molecule has 1 aliphatic heterocycles. The molecule has 0 aliphatic carbocycles. The van der Waals surface area contributed by atoms with Crippen molar-refractivity contribution in [3.05, 3.63) is 63.1 Å². The average molecular weight is 733 g/mol. The van der Waals surface area contributed by atoms with Gasteiger partial charge in [0.15, 0.2) is 0 Å². The standard InChI is InChI=1S/C19H14I3NO2S2/c1-2-23-18(24)16(27-19(23)26)9-12-7-14(21)17(15(22)8-12)25-10-11-3-5-13(20)6-4-11/h3-9H,2,10H2,1H3/b16-9-. The molecule has 2 aromatic carbocycles. The molecule has 1 aliphatic rings. The van der Waals surface area contributed by atoms with Crippen LogP contribution in [0.1, 0.15) is 18.1 Å². The topological polar surface area (TPSA) is 29.5 Å². The van der Waals surface area contributed by atoms with Gasteiger partial charge in [-0.1, -0.05) is 36.1 Å². The highest BCUT2D eigenvalue weighted by molar-refractivity contribution is 14.1. The lowest BCUT2D eigenvalue weighted by atomic mass is 10.2. The van der Waals surface area contributed by atoms with Gasteiger partial charge in [-0.15, -0.1) is 0 Å². The first-order valence-corrected chi connectivity index (χ1v) is 12.5. The zero-order chi connectivity index (χ0) is 19.6. The van der Waals surface area contributed by atoms with Crippen molar-refractivity contribution in [2.45, 2.75) is 13.5 Å². The summed E-state index contributed by atoms with van der Waals surface area (Å²) in [6.07, 6.45) is 1.90. The van der Waals surface area contributed by atoms with Gasteiger partial charge in [-0.2, -0.15) is 0 Å². The van der Waals surface area contributed by atoms with E-state index < -0.39 is 0 Å². The number of thiocarbonyl (C=S) groups is 1. The number of nitrogens with zero attached hydrogens (tertiary/aromatic N) is 1. The van der Waals surface area contributed by atoms with Gasteiger partial charge in [0, 0.05) is 10.1 Å². The number of carbonyl (C=O) groups is 1. The van der Waals surface area contributed by atoms with E-state index in [1.165, 1.54) is 15.3 Å². The lowest BCUT2D eigenvalue weighted by molar-refractivity contribution is -0.121. The first kappa shape index (κ1) is 21.8. The van der Waals surface area contributed by atoms with Crippen molar-refractivity contribution >= 4 is 108 Å². The number of likely N-dealkylation sites (N-methyl/N-ethyl adjacent to an activating group) is 1. The van der Waals surface area contributed by atoms with Gasteiger partial charge < -0.3 is 4.74 Å². The lowest BCUT2D eigenvalue weighted by Gasteiger charge is -2.12. The SMILES string of the molecule is CCN1C(=O)/C(=C/c2cc(I)c(OCc3ccc(I)cc3)c(I)c2)SC1=S. The Bertz CT molecular complexity index is 906. The Kier molecular flexibility index (Phi) is 7.84. The van der Waals surface area contributed by atoms with E-state index >= 15 is 0 Å². The van der Waals surface area contributed by atoms with Crippen molar-refractivity contribution in [2.75, 3.05) is 6.54 Å². The van der Waals surface area contributed by atoms with Gasteiger partial charge in [-0.25, -0.2) is 0 Å². The maximum Gasteiger partial charge on any atom is 0.266 e. The smallest absolute Gasteiger partial charge is 0.266 e. The van der Waals surface area contributed by atoms with E-state index in [1.807, 2.05) is 25.1 Å². The Hall–Kier alpha value is 0.0800. The molecule has 0 N–H and O–H groups in total. The first-order chi connectivity index (χ1) is 12.9. The highest BCUT2D eigenvalue weighted by atomic mass is 127. The van der Waals surface area contributed by atoms with E-state index in [0.29, 0.717) is 22.4 Å². The van der Waals surface area contributed by atoms with Crippen LogP contribution in [0.4, 0.5) is 0 Å². The maximum absolute atomic E-state index is 12.4. The number of benzene rings is 2. The Morgan fingerprint density at radius 3 is 2.33 bits per heavy atom. The molecule has 0 bridgehead atoms. The molecule has 140 valence electrons. The zero-order valence-electron chi connectivity index (χ0n) is 14.2. The molecule has 1 heterocycles. The second-order valence-corrected chi connectivity index (χ2v) is 10.9. The van der Waals surface area contributed by atoms with Crippen molar-refractivity contribution in [1.29, 1.82) is 0 Å². The van der Waals surface area contributed by atoms with Gasteiger partial charge in [0.05, 0.1) is 12.0 Å². The van der Waals surface area contributed by atoms with E-state index in [2.05, 4.69) is 92.0 Å². The van der Waals surface area contributed by atoms with E-state index in [1.54, 1.807) is 4.90 Å². The van der Waals surface area contributed by atoms with Crippen LogP contribution < -0.4 is 4.74 Å². The largest absolute Gasteiger partial charge is 0.487 e. The van der Waals surface area contributed by atoms with Gasteiger partial charge in [0.25, 0.3) is 5.91 Å². The van der Waals surface area contributed by atoms with Gasteiger partial charge in [-0.05, 0) is 116 Å². The van der Waals surface area contributed by atoms with Crippen LogP contribution in [0.15, 0.2) is 41.3 Å². The number of thioether (sulfide) groups is 1. The monoisotopic (exact) mass is 733 g/mol. The van der Waals surface area contributed by atoms with Crippen molar-refractivity contribution in [1.82, 2.24) is 4.90 Å². The van der Waals surface area contributed by atoms with Crippen LogP contribution in [0.2, 0.25) is 0 Å². The van der Waals surface area contributed by atoms with E-state index in [4.69, 9.17) is 17.0 Å². The van der Waals surface area contributed by atoms with Crippen LogP contribution in [0.25, 0.3) is 6.08 Å². The lowest BCUT2D eigenvalue weighted by Crippen LogP contribution is -2.27. The summed E-state index contributed by atoms with van der Waals surface area (Å²) in [7, 11) is 0. The van der Waals surface area contributed by atoms with Crippen molar-refractivity contribution < 1.29 is 9.53 Å². The molecule has 0 aromatic heterocycles. The molecule has 0 unspecified atom stereocenters. The number of carbonyl (C=O) groups excluding carboxylic acids is 1. The van der Waals surface area contributed by atoms with Crippen molar-refractivity contribution in [3.8, 4) is 5.75 Å². The summed E-state index contributed by atoms with van der Waals surface area (Å²) >= 11 is 13.5. The van der Waals surface area contributed by atoms with Crippen LogP contribution in [-0.4, -0.2) is 21.7 Å². The average Bonchev–Trinajstić information content (AvgIpc) is 2.88. The van der Waals surface area contributed by atoms with Gasteiger partial charge >= 0.3 is 0 Å². The van der Waals surface area contributed by atoms with Crippen LogP contribution in [-0.2, 0) is 11.4 Å². The molecule has 27 heavy (non-hydrogen) atoms. The molecule has 0 radical (unpaired) electrons. The molecule has 2 aromatic rings. The number of halogens is 3. The fourth-order valence-corrected chi connectivity index (χ4v) is 6.33. The summed E-state index contributed by atoms with van der Waals surface area (Å²) in [5, 5.41) is 0. The van der Waals surface area contributed by atoms with E-state index in [0.717, 1.165) is 24.0 Å². The predicted molar refractivity (Wildman–Crippen MR) is 141 cm³/mol. The molecular weight excluding hydrogens is 719 g/mol. The summed E-state index contributed by atoms with van der Waals surface area (Å²) in [5.74, 6) is 0.851. The van der Waals surface area contributed by atoms with E-state index in [-0.39, 0.29) is 5.91 Å². The summed E-state index contributed by atoms with van der Waals surface area (Å²) < 4.78 is 9.91. The zero-order valence-corrected chi connectivity index (χ0v) is 22.3. The Morgan fingerprint density at radius 1 is 1.15 bits per heavy atom. The predicted octanol–water partition coefficient (Wildman–Crippen LogP) is 6.30. The number of rotatable bonds is 5. The molecule has 0 saturated carbocycles. The fraction of sp³-hybridized carbons (Fsp3) is 0.158. The second-order valence-electron chi connectivity index (χ2n) is 5.65. The van der Waals surface area contributed by atoms with Gasteiger partial charge in [-0.3, -0.25) is 9.69 Å². The molecule has 0 atom stereocenters. The van der Waals surface area contributed by atoms with E-state index in [9.17, 15) is 4.79 Å². The highest BCUT2D eigenvalue weighted by Crippen LogP contribution is 2.35. The summed E-state index contributed by atoms with van der Waals surface area (Å²) in [4.78, 5) is 14.7. The molecule has 3 rings (SSSR count). The molecule has 1 fully saturated rings.